The minimum Gasteiger partial charge on any atom is -0.486 e. The first-order chi connectivity index (χ1) is 18.4. The summed E-state index contributed by atoms with van der Waals surface area (Å²) in [5.74, 6) is 0.983. The molecule has 0 radical (unpaired) electrons. The average Bonchev–Trinajstić information content (AvgIpc) is 3.44. The number of carbonyl (C=O) groups is 2. The van der Waals surface area contributed by atoms with Crippen molar-refractivity contribution in [2.24, 2.45) is 0 Å². The highest BCUT2D eigenvalue weighted by molar-refractivity contribution is 6.35. The van der Waals surface area contributed by atoms with Gasteiger partial charge in [0.1, 0.15) is 17.9 Å². The van der Waals surface area contributed by atoms with Gasteiger partial charge in [-0.3, -0.25) is 14.7 Å². The Bertz CT molecular complexity index is 1150. The molecule has 1 aromatic carbocycles. The summed E-state index contributed by atoms with van der Waals surface area (Å²) in [4.78, 5) is 37.2. The van der Waals surface area contributed by atoms with Gasteiger partial charge < -0.3 is 19.9 Å². The van der Waals surface area contributed by atoms with E-state index in [9.17, 15) is 9.59 Å². The van der Waals surface area contributed by atoms with Crippen molar-refractivity contribution in [2.45, 2.75) is 50.2 Å². The van der Waals surface area contributed by atoms with Crippen molar-refractivity contribution < 1.29 is 14.3 Å². The zero-order valence-electron chi connectivity index (χ0n) is 21.7. The number of nitrogens with one attached hydrogen (secondary N) is 1. The SMILES string of the molecule is CN1CC(Oc2cccnc2C2CCN(C(=O)[C@@H](Cc3ccc(Cl)cc3Cl)NC(=O)N3CCCC3)CC2)C1. The van der Waals surface area contributed by atoms with E-state index in [0.29, 0.717) is 42.6 Å². The van der Waals surface area contributed by atoms with Crippen LogP contribution in [-0.2, 0) is 11.2 Å². The van der Waals surface area contributed by atoms with Crippen LogP contribution in [0.2, 0.25) is 10.0 Å². The van der Waals surface area contributed by atoms with E-state index in [2.05, 4.69) is 22.2 Å². The number of nitrogens with zero attached hydrogens (tertiary/aromatic N) is 4. The Morgan fingerprint density at radius 2 is 1.82 bits per heavy atom. The van der Waals surface area contributed by atoms with Gasteiger partial charge in [-0.1, -0.05) is 29.3 Å². The maximum absolute atomic E-state index is 13.7. The summed E-state index contributed by atoms with van der Waals surface area (Å²) in [5, 5.41) is 4.03. The normalized spacial score (nSPS) is 19.8. The average molecular weight is 561 g/mol. The Labute approximate surface area is 234 Å². The second-order valence-corrected chi connectivity index (χ2v) is 11.4. The van der Waals surface area contributed by atoms with Crippen LogP contribution in [0.4, 0.5) is 4.79 Å². The molecule has 1 atom stereocenters. The molecule has 3 saturated heterocycles. The molecule has 0 spiro atoms. The van der Waals surface area contributed by atoms with Gasteiger partial charge in [0.05, 0.1) is 5.69 Å². The van der Waals surface area contributed by atoms with E-state index in [1.165, 1.54) is 0 Å². The maximum atomic E-state index is 13.7. The summed E-state index contributed by atoms with van der Waals surface area (Å²) in [6.07, 6.45) is 5.87. The van der Waals surface area contributed by atoms with Crippen molar-refractivity contribution in [3.05, 3.63) is 57.8 Å². The largest absolute Gasteiger partial charge is 0.486 e. The van der Waals surface area contributed by atoms with Gasteiger partial charge in [-0.2, -0.15) is 0 Å². The number of likely N-dealkylation sites (tertiary alicyclic amines) is 3. The minimum absolute atomic E-state index is 0.0861. The molecule has 0 saturated carbocycles. The van der Waals surface area contributed by atoms with E-state index in [1.807, 2.05) is 29.3 Å². The van der Waals surface area contributed by atoms with Gasteiger partial charge in [0.15, 0.2) is 0 Å². The molecule has 1 N–H and O–H groups in total. The molecule has 3 aliphatic rings. The number of aromatic nitrogens is 1. The topological polar surface area (TPSA) is 78.0 Å². The van der Waals surface area contributed by atoms with Crippen molar-refractivity contribution in [3.63, 3.8) is 0 Å². The number of carbonyl (C=O) groups excluding carboxylic acids is 2. The molecule has 10 heteroatoms. The van der Waals surface area contributed by atoms with E-state index in [1.54, 1.807) is 17.0 Å². The Hall–Kier alpha value is -2.55. The third kappa shape index (κ3) is 6.35. The summed E-state index contributed by atoms with van der Waals surface area (Å²) in [6, 6.07) is 8.25. The highest BCUT2D eigenvalue weighted by Crippen LogP contribution is 2.34. The smallest absolute Gasteiger partial charge is 0.318 e. The molecule has 3 amide bonds. The van der Waals surface area contributed by atoms with Crippen molar-refractivity contribution in [1.29, 1.82) is 0 Å². The van der Waals surface area contributed by atoms with E-state index in [0.717, 1.165) is 55.8 Å². The fraction of sp³-hybridized carbons (Fsp3) is 0.536. The first-order valence-corrected chi connectivity index (χ1v) is 14.2. The molecule has 0 bridgehead atoms. The molecule has 0 aliphatic carbocycles. The number of halogens is 2. The Morgan fingerprint density at radius 1 is 1.08 bits per heavy atom. The quantitative estimate of drug-likeness (QED) is 0.550. The number of piperidine rings is 1. The maximum Gasteiger partial charge on any atom is 0.318 e. The predicted molar refractivity (Wildman–Crippen MR) is 148 cm³/mol. The number of urea groups is 1. The van der Waals surface area contributed by atoms with Crippen LogP contribution in [-0.4, -0.2) is 90.1 Å². The zero-order chi connectivity index (χ0) is 26.6. The van der Waals surface area contributed by atoms with E-state index in [-0.39, 0.29) is 24.0 Å². The van der Waals surface area contributed by atoms with Gasteiger partial charge in [0.2, 0.25) is 5.91 Å². The standard InChI is InChI=1S/C28H35Cl2N5O3/c1-33-17-22(18-33)38-25-5-4-10-31-26(25)19-8-13-34(14-9-19)27(36)24(32-28(37)35-11-2-3-12-35)15-20-6-7-21(29)16-23(20)30/h4-7,10,16,19,22,24H,2-3,8-9,11-15,17-18H2,1H3,(H,32,37)/t24-/m1/s1. The lowest BCUT2D eigenvalue weighted by atomic mass is 9.91. The van der Waals surface area contributed by atoms with Gasteiger partial charge in [-0.25, -0.2) is 4.79 Å². The Balaban J connectivity index is 1.25. The number of benzene rings is 1. The summed E-state index contributed by atoms with van der Waals surface area (Å²) in [6.45, 7) is 4.45. The van der Waals surface area contributed by atoms with Crippen molar-refractivity contribution >= 4 is 35.1 Å². The molecule has 8 nitrogen and oxygen atoms in total. The summed E-state index contributed by atoms with van der Waals surface area (Å²) >= 11 is 12.5. The first-order valence-electron chi connectivity index (χ1n) is 13.5. The second-order valence-electron chi connectivity index (χ2n) is 10.6. The van der Waals surface area contributed by atoms with Gasteiger partial charge in [0, 0.05) is 67.8 Å². The van der Waals surface area contributed by atoms with Crippen LogP contribution in [0.1, 0.15) is 42.9 Å². The Kier molecular flexibility index (Phi) is 8.61. The van der Waals surface area contributed by atoms with E-state index in [4.69, 9.17) is 27.9 Å². The number of likely N-dealkylation sites (N-methyl/N-ethyl adjacent to an activating group) is 1. The molecule has 204 valence electrons. The van der Waals surface area contributed by atoms with E-state index < -0.39 is 6.04 Å². The van der Waals surface area contributed by atoms with Crippen LogP contribution >= 0.6 is 23.2 Å². The zero-order valence-corrected chi connectivity index (χ0v) is 23.3. The molecule has 3 aliphatic heterocycles. The second kappa shape index (κ2) is 12.1. The van der Waals surface area contributed by atoms with Crippen LogP contribution in [0.15, 0.2) is 36.5 Å². The molecule has 1 aromatic heterocycles. The fourth-order valence-electron chi connectivity index (χ4n) is 5.57. The summed E-state index contributed by atoms with van der Waals surface area (Å²) in [7, 11) is 2.08. The number of hydrogen-bond donors (Lipinski definition) is 1. The van der Waals surface area contributed by atoms with Crippen molar-refractivity contribution in [1.82, 2.24) is 25.0 Å². The third-order valence-corrected chi connectivity index (χ3v) is 8.33. The third-order valence-electron chi connectivity index (χ3n) is 7.75. The monoisotopic (exact) mass is 559 g/mol. The fourth-order valence-corrected chi connectivity index (χ4v) is 6.05. The summed E-state index contributed by atoms with van der Waals surface area (Å²) < 4.78 is 6.24. The molecule has 4 heterocycles. The molecule has 3 fully saturated rings. The molecule has 5 rings (SSSR count). The van der Waals surface area contributed by atoms with Crippen LogP contribution in [0.25, 0.3) is 0 Å². The number of hydrogen-bond acceptors (Lipinski definition) is 5. The molecular formula is C28H35Cl2N5O3. The molecular weight excluding hydrogens is 525 g/mol. The van der Waals surface area contributed by atoms with Gasteiger partial charge >= 0.3 is 6.03 Å². The van der Waals surface area contributed by atoms with Crippen LogP contribution in [0.3, 0.4) is 0 Å². The lowest BCUT2D eigenvalue weighted by Crippen LogP contribution is -2.54. The highest BCUT2D eigenvalue weighted by atomic mass is 35.5. The number of ether oxygens (including phenoxy) is 1. The van der Waals surface area contributed by atoms with Gasteiger partial charge in [-0.15, -0.1) is 0 Å². The first kappa shape index (κ1) is 27.0. The van der Waals surface area contributed by atoms with Gasteiger partial charge in [-0.05, 0) is 62.6 Å². The van der Waals surface area contributed by atoms with Crippen LogP contribution < -0.4 is 10.1 Å². The lowest BCUT2D eigenvalue weighted by molar-refractivity contribution is -0.134. The highest BCUT2D eigenvalue weighted by Gasteiger charge is 2.33. The number of rotatable bonds is 7. The lowest BCUT2D eigenvalue weighted by Gasteiger charge is -2.37. The molecule has 2 aromatic rings. The molecule has 0 unspecified atom stereocenters. The van der Waals surface area contributed by atoms with Crippen molar-refractivity contribution in [3.8, 4) is 5.75 Å². The number of amides is 3. The summed E-state index contributed by atoms with van der Waals surface area (Å²) in [5.41, 5.74) is 1.75. The van der Waals surface area contributed by atoms with E-state index >= 15 is 0 Å². The number of pyridine rings is 1. The molecule has 38 heavy (non-hydrogen) atoms. The minimum atomic E-state index is -0.706. The van der Waals surface area contributed by atoms with Crippen LogP contribution in [0, 0.1) is 0 Å². The van der Waals surface area contributed by atoms with Gasteiger partial charge in [0.25, 0.3) is 0 Å². The van der Waals surface area contributed by atoms with Crippen LogP contribution in [0.5, 0.6) is 5.75 Å². The van der Waals surface area contributed by atoms with Crippen molar-refractivity contribution in [2.75, 3.05) is 46.3 Å². The predicted octanol–water partition coefficient (Wildman–Crippen LogP) is 4.20. The Morgan fingerprint density at radius 3 is 2.50 bits per heavy atom.